The van der Waals surface area contributed by atoms with Crippen molar-refractivity contribution in [3.05, 3.63) is 23.8 Å². The molecule has 4 heteroatoms. The molecule has 4 nitrogen and oxygen atoms in total. The zero-order chi connectivity index (χ0) is 8.81. The molecule has 0 saturated heterocycles. The lowest BCUT2D eigenvalue weighted by molar-refractivity contribution is 0.177. The molecule has 1 rings (SSSR count). The highest BCUT2D eigenvalue weighted by Gasteiger charge is 1.95. The highest BCUT2D eigenvalue weighted by Crippen LogP contribution is 1.96. The molecular formula is C8H13N3O. The lowest BCUT2D eigenvalue weighted by Gasteiger charge is -2.00. The van der Waals surface area contributed by atoms with E-state index in [0.717, 1.165) is 17.9 Å². The minimum absolute atomic E-state index is 0.472. The number of methoxy groups -OCH3 is 1. The van der Waals surface area contributed by atoms with Gasteiger partial charge in [-0.15, -0.1) is 0 Å². The lowest BCUT2D eigenvalue weighted by Crippen LogP contribution is -2.07. The van der Waals surface area contributed by atoms with E-state index in [0.29, 0.717) is 6.61 Å². The molecule has 0 aromatic carbocycles. The maximum absolute atomic E-state index is 4.89. The van der Waals surface area contributed by atoms with Gasteiger partial charge in [0.05, 0.1) is 0 Å². The summed E-state index contributed by atoms with van der Waals surface area (Å²) in [6.45, 7) is 1.27. The summed E-state index contributed by atoms with van der Waals surface area (Å²) in [5.74, 6) is 0.720. The predicted molar refractivity (Wildman–Crippen MR) is 45.5 cm³/mol. The molecule has 0 spiro atoms. The van der Waals surface area contributed by atoms with Gasteiger partial charge >= 0.3 is 0 Å². The van der Waals surface area contributed by atoms with E-state index in [1.807, 2.05) is 7.05 Å². The number of nitrogens with zero attached hydrogens (tertiary/aromatic N) is 2. The summed E-state index contributed by atoms with van der Waals surface area (Å²) in [5, 5.41) is 3.02. The van der Waals surface area contributed by atoms with Gasteiger partial charge in [-0.2, -0.15) is 0 Å². The third kappa shape index (κ3) is 2.56. The number of nitrogens with one attached hydrogen (secondary N) is 1. The summed E-state index contributed by atoms with van der Waals surface area (Å²) in [4.78, 5) is 8.22. The van der Waals surface area contributed by atoms with Crippen molar-refractivity contribution in [2.24, 2.45) is 0 Å². The fraction of sp³-hybridized carbons (Fsp3) is 0.500. The number of ether oxygens (including phenoxy) is 1. The molecule has 0 amide bonds. The van der Waals surface area contributed by atoms with Crippen molar-refractivity contribution in [1.29, 1.82) is 0 Å². The average molecular weight is 167 g/mol. The molecule has 0 unspecified atom stereocenters. The minimum atomic E-state index is 0.472. The zero-order valence-electron chi connectivity index (χ0n) is 7.37. The molecule has 0 radical (unpaired) electrons. The average Bonchev–Trinajstić information content (AvgIpc) is 2.09. The van der Waals surface area contributed by atoms with Gasteiger partial charge in [-0.05, 0) is 7.05 Å². The monoisotopic (exact) mass is 167 g/mol. The topological polar surface area (TPSA) is 47.0 Å². The SMILES string of the molecule is CNCc1cnc(COC)nc1. The van der Waals surface area contributed by atoms with E-state index >= 15 is 0 Å². The fourth-order valence-corrected chi connectivity index (χ4v) is 0.881. The first-order valence-corrected chi connectivity index (χ1v) is 3.80. The number of rotatable bonds is 4. The molecule has 1 aromatic heterocycles. The van der Waals surface area contributed by atoms with Gasteiger partial charge in [0.2, 0.25) is 0 Å². The summed E-state index contributed by atoms with van der Waals surface area (Å²) >= 11 is 0. The fourth-order valence-electron chi connectivity index (χ4n) is 0.881. The highest BCUT2D eigenvalue weighted by molar-refractivity contribution is 5.04. The quantitative estimate of drug-likeness (QED) is 0.702. The summed E-state index contributed by atoms with van der Waals surface area (Å²) < 4.78 is 4.89. The van der Waals surface area contributed by atoms with E-state index in [1.54, 1.807) is 19.5 Å². The first kappa shape index (κ1) is 9.09. The van der Waals surface area contributed by atoms with E-state index in [-0.39, 0.29) is 0 Å². The molecule has 0 atom stereocenters. The Morgan fingerprint density at radius 1 is 1.42 bits per heavy atom. The normalized spacial score (nSPS) is 10.2. The Hall–Kier alpha value is -1.00. The van der Waals surface area contributed by atoms with Crippen molar-refractivity contribution in [3.8, 4) is 0 Å². The number of hydrogen-bond acceptors (Lipinski definition) is 4. The number of aromatic nitrogens is 2. The number of hydrogen-bond donors (Lipinski definition) is 1. The van der Waals surface area contributed by atoms with Gasteiger partial charge in [0, 0.05) is 31.6 Å². The Balaban J connectivity index is 2.58. The second kappa shape index (κ2) is 4.79. The maximum atomic E-state index is 4.89. The van der Waals surface area contributed by atoms with Crippen LogP contribution in [-0.2, 0) is 17.9 Å². The van der Waals surface area contributed by atoms with Gasteiger partial charge in [0.25, 0.3) is 0 Å². The van der Waals surface area contributed by atoms with Crippen LogP contribution in [0.1, 0.15) is 11.4 Å². The summed E-state index contributed by atoms with van der Waals surface area (Å²) in [6, 6.07) is 0. The molecule has 66 valence electrons. The maximum Gasteiger partial charge on any atom is 0.153 e. The van der Waals surface area contributed by atoms with E-state index in [4.69, 9.17) is 4.74 Å². The second-order valence-corrected chi connectivity index (χ2v) is 2.47. The van der Waals surface area contributed by atoms with E-state index in [1.165, 1.54) is 0 Å². The van der Waals surface area contributed by atoms with Gasteiger partial charge in [0.1, 0.15) is 6.61 Å². The molecule has 1 N–H and O–H groups in total. The van der Waals surface area contributed by atoms with Crippen molar-refractivity contribution < 1.29 is 4.74 Å². The van der Waals surface area contributed by atoms with Crippen LogP contribution in [0.3, 0.4) is 0 Å². The van der Waals surface area contributed by atoms with Crippen LogP contribution in [0.4, 0.5) is 0 Å². The molecule has 0 aliphatic carbocycles. The van der Waals surface area contributed by atoms with Gasteiger partial charge in [-0.3, -0.25) is 0 Å². The van der Waals surface area contributed by atoms with Crippen LogP contribution >= 0.6 is 0 Å². The molecule has 0 fully saturated rings. The Kier molecular flexibility index (Phi) is 3.63. The van der Waals surface area contributed by atoms with E-state index < -0.39 is 0 Å². The molecule has 0 aliphatic heterocycles. The molecular weight excluding hydrogens is 154 g/mol. The minimum Gasteiger partial charge on any atom is -0.377 e. The Morgan fingerprint density at radius 3 is 2.58 bits per heavy atom. The van der Waals surface area contributed by atoms with Gasteiger partial charge in [-0.25, -0.2) is 9.97 Å². The lowest BCUT2D eigenvalue weighted by atomic mass is 10.3. The van der Waals surface area contributed by atoms with Crippen LogP contribution in [0.5, 0.6) is 0 Å². The van der Waals surface area contributed by atoms with Crippen LogP contribution in [0.25, 0.3) is 0 Å². The van der Waals surface area contributed by atoms with Crippen molar-refractivity contribution in [2.75, 3.05) is 14.2 Å². The Labute approximate surface area is 72.0 Å². The van der Waals surface area contributed by atoms with Gasteiger partial charge < -0.3 is 10.1 Å². The standard InChI is InChI=1S/C8H13N3O/c1-9-3-7-4-10-8(6-12-2)11-5-7/h4-5,9H,3,6H2,1-2H3. The molecule has 0 aliphatic rings. The van der Waals surface area contributed by atoms with Crippen LogP contribution < -0.4 is 5.32 Å². The van der Waals surface area contributed by atoms with Crippen LogP contribution in [-0.4, -0.2) is 24.1 Å². The van der Waals surface area contributed by atoms with Crippen molar-refractivity contribution in [1.82, 2.24) is 15.3 Å². The predicted octanol–water partition coefficient (Wildman–Crippen LogP) is 0.342. The Bertz CT molecular complexity index is 197. The van der Waals surface area contributed by atoms with Crippen LogP contribution in [0.15, 0.2) is 12.4 Å². The summed E-state index contributed by atoms with van der Waals surface area (Å²) in [5.41, 5.74) is 1.08. The zero-order valence-corrected chi connectivity index (χ0v) is 7.37. The van der Waals surface area contributed by atoms with Gasteiger partial charge in [-0.1, -0.05) is 0 Å². The molecule has 12 heavy (non-hydrogen) atoms. The largest absolute Gasteiger partial charge is 0.377 e. The first-order chi connectivity index (χ1) is 5.86. The molecule has 1 aromatic rings. The third-order valence-electron chi connectivity index (χ3n) is 1.41. The van der Waals surface area contributed by atoms with E-state index in [9.17, 15) is 0 Å². The summed E-state index contributed by atoms with van der Waals surface area (Å²) in [6.07, 6.45) is 3.61. The highest BCUT2D eigenvalue weighted by atomic mass is 16.5. The Morgan fingerprint density at radius 2 is 2.08 bits per heavy atom. The molecule has 0 bridgehead atoms. The second-order valence-electron chi connectivity index (χ2n) is 2.47. The van der Waals surface area contributed by atoms with E-state index in [2.05, 4.69) is 15.3 Å². The summed E-state index contributed by atoms with van der Waals surface area (Å²) in [7, 11) is 3.52. The molecule has 1 heterocycles. The smallest absolute Gasteiger partial charge is 0.153 e. The van der Waals surface area contributed by atoms with Crippen LogP contribution in [0, 0.1) is 0 Å². The molecule has 0 saturated carbocycles. The first-order valence-electron chi connectivity index (χ1n) is 3.80. The van der Waals surface area contributed by atoms with Crippen molar-refractivity contribution in [3.63, 3.8) is 0 Å². The van der Waals surface area contributed by atoms with Crippen molar-refractivity contribution in [2.45, 2.75) is 13.2 Å². The third-order valence-corrected chi connectivity index (χ3v) is 1.41. The van der Waals surface area contributed by atoms with Gasteiger partial charge in [0.15, 0.2) is 5.82 Å². The van der Waals surface area contributed by atoms with Crippen LogP contribution in [0.2, 0.25) is 0 Å². The van der Waals surface area contributed by atoms with Crippen molar-refractivity contribution >= 4 is 0 Å².